The Bertz CT molecular complexity index is 1330. The number of unbranched alkanes of at least 4 members (excludes halogenated alkanes) is 1. The van der Waals surface area contributed by atoms with E-state index in [0.717, 1.165) is 39.8 Å². The highest BCUT2D eigenvalue weighted by atomic mass is 32.2. The summed E-state index contributed by atoms with van der Waals surface area (Å²) in [5, 5.41) is 13.8. The number of aliphatic carboxylic acids is 1. The maximum Gasteiger partial charge on any atom is 0.317 e. The molecule has 3 aromatic heterocycles. The summed E-state index contributed by atoms with van der Waals surface area (Å²) in [7, 11) is 0. The van der Waals surface area contributed by atoms with Crippen LogP contribution in [0.25, 0.3) is 11.2 Å². The van der Waals surface area contributed by atoms with Crippen LogP contribution in [-0.4, -0.2) is 45.8 Å². The Morgan fingerprint density at radius 3 is 2.94 bits per heavy atom. The van der Waals surface area contributed by atoms with E-state index in [0.29, 0.717) is 29.2 Å². The Morgan fingerprint density at radius 1 is 1.21 bits per heavy atom. The van der Waals surface area contributed by atoms with Crippen LogP contribution in [0.5, 0.6) is 0 Å². The summed E-state index contributed by atoms with van der Waals surface area (Å²) in [6.45, 7) is 2.62. The molecule has 0 saturated heterocycles. The molecule has 33 heavy (non-hydrogen) atoms. The predicted molar refractivity (Wildman–Crippen MR) is 127 cm³/mol. The molecule has 4 heterocycles. The van der Waals surface area contributed by atoms with Crippen LogP contribution in [0.2, 0.25) is 0 Å². The average Bonchev–Trinajstić information content (AvgIpc) is 3.23. The van der Waals surface area contributed by atoms with E-state index in [1.54, 1.807) is 30.5 Å². The molecule has 0 saturated carbocycles. The van der Waals surface area contributed by atoms with E-state index >= 15 is 0 Å². The monoisotopic (exact) mass is 479 g/mol. The van der Waals surface area contributed by atoms with Crippen molar-refractivity contribution in [3.05, 3.63) is 48.8 Å². The summed E-state index contributed by atoms with van der Waals surface area (Å²) in [5.41, 5.74) is 3.37. The average molecular weight is 480 g/mol. The van der Waals surface area contributed by atoms with Crippen molar-refractivity contribution in [1.29, 1.82) is 0 Å². The van der Waals surface area contributed by atoms with Crippen LogP contribution in [-0.2, 0) is 11.3 Å². The molecule has 0 spiro atoms. The maximum absolute atomic E-state index is 11.7. The highest BCUT2D eigenvalue weighted by Crippen LogP contribution is 2.42. The van der Waals surface area contributed by atoms with E-state index in [9.17, 15) is 9.90 Å². The zero-order valence-electron chi connectivity index (χ0n) is 17.8. The lowest BCUT2D eigenvalue weighted by Gasteiger charge is -2.19. The first kappa shape index (κ1) is 21.7. The summed E-state index contributed by atoms with van der Waals surface area (Å²) in [4.78, 5) is 34.7. The summed E-state index contributed by atoms with van der Waals surface area (Å²) < 4.78 is 1.95. The molecule has 2 N–H and O–H groups in total. The van der Waals surface area contributed by atoms with Gasteiger partial charge in [-0.05, 0) is 24.1 Å². The fourth-order valence-electron chi connectivity index (χ4n) is 3.59. The number of aromatic nitrogens is 6. The number of anilines is 2. The molecule has 1 atom stereocenters. The molecule has 1 unspecified atom stereocenters. The fourth-order valence-corrected chi connectivity index (χ4v) is 5.49. The van der Waals surface area contributed by atoms with Gasteiger partial charge in [-0.2, -0.15) is 0 Å². The summed E-state index contributed by atoms with van der Waals surface area (Å²) >= 11 is 2.84. The van der Waals surface area contributed by atoms with E-state index in [4.69, 9.17) is 0 Å². The smallest absolute Gasteiger partial charge is 0.317 e. The highest BCUT2D eigenvalue weighted by molar-refractivity contribution is 8.00. The van der Waals surface area contributed by atoms with Crippen molar-refractivity contribution in [3.63, 3.8) is 0 Å². The van der Waals surface area contributed by atoms with Crippen molar-refractivity contribution in [2.75, 3.05) is 5.32 Å². The van der Waals surface area contributed by atoms with Gasteiger partial charge in [0, 0.05) is 17.3 Å². The normalized spacial score (nSPS) is 13.2. The van der Waals surface area contributed by atoms with Gasteiger partial charge < -0.3 is 15.0 Å². The SMILES string of the molecule is CCCCC(Sc1ncnc2c1ncn2Cc1ccc2c(c1)Nc1nccnc1S2)C(=O)O. The summed E-state index contributed by atoms with van der Waals surface area (Å²) in [5.74, 6) is -0.0731. The molecular formula is C22H21N7O2S2. The van der Waals surface area contributed by atoms with Gasteiger partial charge in [-0.15, -0.1) is 0 Å². The number of rotatable bonds is 8. The standard InChI is InChI=1S/C22H21N7O2S2/c1-2-3-4-16(22(30)31)33-20-17-19(25-11-26-20)29(12-27-17)10-13-5-6-15-14(9-13)28-18-21(32-15)24-8-7-23-18/h5-9,11-12,16H,2-4,10H2,1H3,(H,23,28)(H,30,31). The number of nitrogens with zero attached hydrogens (tertiary/aromatic N) is 6. The van der Waals surface area contributed by atoms with Crippen LogP contribution < -0.4 is 5.32 Å². The van der Waals surface area contributed by atoms with Crippen molar-refractivity contribution in [1.82, 2.24) is 29.5 Å². The van der Waals surface area contributed by atoms with Crippen LogP contribution >= 0.6 is 23.5 Å². The van der Waals surface area contributed by atoms with Crippen molar-refractivity contribution in [2.45, 2.75) is 52.9 Å². The van der Waals surface area contributed by atoms with Crippen LogP contribution in [0, 0.1) is 0 Å². The third-order valence-corrected chi connectivity index (χ3v) is 7.55. The molecule has 168 valence electrons. The second kappa shape index (κ2) is 9.36. The van der Waals surface area contributed by atoms with Gasteiger partial charge in [0.25, 0.3) is 0 Å². The number of benzene rings is 1. The van der Waals surface area contributed by atoms with Crippen LogP contribution in [0.3, 0.4) is 0 Å². The van der Waals surface area contributed by atoms with Crippen molar-refractivity contribution in [2.24, 2.45) is 0 Å². The summed E-state index contributed by atoms with van der Waals surface area (Å²) in [6, 6.07) is 6.23. The molecule has 0 aliphatic carbocycles. The minimum atomic E-state index is -0.828. The van der Waals surface area contributed by atoms with Gasteiger partial charge in [0.15, 0.2) is 11.5 Å². The van der Waals surface area contributed by atoms with Crippen molar-refractivity contribution >= 4 is 52.2 Å². The molecule has 1 aromatic carbocycles. The number of imidazole rings is 1. The Kier molecular flexibility index (Phi) is 6.14. The van der Waals surface area contributed by atoms with Gasteiger partial charge in [-0.1, -0.05) is 49.4 Å². The zero-order valence-corrected chi connectivity index (χ0v) is 19.4. The topological polar surface area (TPSA) is 119 Å². The first-order valence-electron chi connectivity index (χ1n) is 10.6. The van der Waals surface area contributed by atoms with Gasteiger partial charge in [0.1, 0.15) is 27.1 Å². The number of hydrogen-bond acceptors (Lipinski definition) is 9. The van der Waals surface area contributed by atoms with E-state index in [-0.39, 0.29) is 0 Å². The largest absolute Gasteiger partial charge is 0.480 e. The van der Waals surface area contributed by atoms with E-state index in [1.807, 2.05) is 4.57 Å². The lowest BCUT2D eigenvalue weighted by Crippen LogP contribution is -2.16. The number of carboxylic acid groups (broad SMARTS) is 1. The number of hydrogen-bond donors (Lipinski definition) is 2. The molecule has 1 aliphatic rings. The first-order valence-corrected chi connectivity index (χ1v) is 12.3. The highest BCUT2D eigenvalue weighted by Gasteiger charge is 2.22. The van der Waals surface area contributed by atoms with E-state index < -0.39 is 11.2 Å². The Morgan fingerprint density at radius 2 is 2.09 bits per heavy atom. The second-order valence-electron chi connectivity index (χ2n) is 7.58. The number of carbonyl (C=O) groups is 1. The lowest BCUT2D eigenvalue weighted by atomic mass is 10.2. The Balaban J connectivity index is 1.39. The van der Waals surface area contributed by atoms with Crippen molar-refractivity contribution < 1.29 is 9.90 Å². The lowest BCUT2D eigenvalue weighted by molar-refractivity contribution is -0.136. The molecule has 5 rings (SSSR count). The van der Waals surface area contributed by atoms with Gasteiger partial charge in [0.2, 0.25) is 0 Å². The molecule has 11 heteroatoms. The summed E-state index contributed by atoms with van der Waals surface area (Å²) in [6.07, 6.45) is 8.96. The van der Waals surface area contributed by atoms with Crippen LogP contribution in [0.15, 0.2) is 58.2 Å². The number of thioether (sulfide) groups is 1. The van der Waals surface area contributed by atoms with Crippen LogP contribution in [0.1, 0.15) is 31.7 Å². The number of fused-ring (bicyclic) bond motifs is 3. The third kappa shape index (κ3) is 4.51. The Labute approximate surface area is 198 Å². The van der Waals surface area contributed by atoms with E-state index in [2.05, 4.69) is 55.4 Å². The van der Waals surface area contributed by atoms with Gasteiger partial charge in [-0.3, -0.25) is 4.79 Å². The molecule has 0 radical (unpaired) electrons. The number of carboxylic acids is 1. The number of nitrogens with one attached hydrogen (secondary N) is 1. The first-order chi connectivity index (χ1) is 16.1. The van der Waals surface area contributed by atoms with E-state index in [1.165, 1.54) is 18.1 Å². The minimum absolute atomic E-state index is 0.552. The maximum atomic E-state index is 11.7. The third-order valence-electron chi connectivity index (χ3n) is 5.24. The van der Waals surface area contributed by atoms with Gasteiger partial charge in [-0.25, -0.2) is 24.9 Å². The molecule has 0 bridgehead atoms. The van der Waals surface area contributed by atoms with Gasteiger partial charge in [0.05, 0.1) is 18.6 Å². The van der Waals surface area contributed by atoms with Crippen LogP contribution in [0.4, 0.5) is 11.5 Å². The Hall–Kier alpha value is -3.18. The predicted octanol–water partition coefficient (Wildman–Crippen LogP) is 4.61. The molecular weight excluding hydrogens is 458 g/mol. The second-order valence-corrected chi connectivity index (χ2v) is 9.80. The van der Waals surface area contributed by atoms with Gasteiger partial charge >= 0.3 is 5.97 Å². The fraction of sp³-hybridized carbons (Fsp3) is 0.273. The molecule has 1 aliphatic heterocycles. The molecule has 0 amide bonds. The molecule has 4 aromatic rings. The quantitative estimate of drug-likeness (QED) is 0.241. The minimum Gasteiger partial charge on any atom is -0.480 e. The zero-order chi connectivity index (χ0) is 22.8. The molecule has 0 fully saturated rings. The van der Waals surface area contributed by atoms with Crippen molar-refractivity contribution in [3.8, 4) is 0 Å². The molecule has 9 nitrogen and oxygen atoms in total.